The fourth-order valence-corrected chi connectivity index (χ4v) is 5.70. The van der Waals surface area contributed by atoms with E-state index in [4.69, 9.17) is 0 Å². The summed E-state index contributed by atoms with van der Waals surface area (Å²) in [7, 11) is -3.91. The number of carbonyl (C=O) groups is 2. The van der Waals surface area contributed by atoms with Crippen molar-refractivity contribution in [2.75, 3.05) is 32.7 Å². The fraction of sp³-hybridized carbons (Fsp3) is 0.400. The third-order valence-electron chi connectivity index (χ3n) is 5.23. The summed E-state index contributed by atoms with van der Waals surface area (Å²) in [5.74, 6) is -0.271. The third-order valence-corrected chi connectivity index (χ3v) is 7.95. The lowest BCUT2D eigenvalue weighted by Crippen LogP contribution is -2.50. The van der Waals surface area contributed by atoms with E-state index in [1.807, 2.05) is 5.38 Å². The van der Waals surface area contributed by atoms with Gasteiger partial charge in [-0.25, -0.2) is 8.42 Å². The summed E-state index contributed by atoms with van der Waals surface area (Å²) in [6, 6.07) is 5.50. The van der Waals surface area contributed by atoms with Gasteiger partial charge in [-0.1, -0.05) is 6.07 Å². The normalized spacial score (nSPS) is 14.8. The first-order chi connectivity index (χ1) is 15.2. The van der Waals surface area contributed by atoms with Crippen LogP contribution in [0.2, 0.25) is 0 Å². The van der Waals surface area contributed by atoms with Crippen molar-refractivity contribution in [3.63, 3.8) is 0 Å². The molecule has 1 fully saturated rings. The molecule has 0 bridgehead atoms. The first kappa shape index (κ1) is 23.8. The molecule has 32 heavy (non-hydrogen) atoms. The van der Waals surface area contributed by atoms with Crippen LogP contribution in [-0.2, 0) is 14.8 Å². The average molecular weight is 481 g/mol. The molecule has 0 spiro atoms. The van der Waals surface area contributed by atoms with E-state index in [9.17, 15) is 28.1 Å². The van der Waals surface area contributed by atoms with E-state index in [-0.39, 0.29) is 55.0 Å². The van der Waals surface area contributed by atoms with Gasteiger partial charge in [0, 0.05) is 62.2 Å². The van der Waals surface area contributed by atoms with E-state index in [0.717, 1.165) is 6.07 Å². The van der Waals surface area contributed by atoms with Gasteiger partial charge >= 0.3 is 0 Å². The number of aryl methyl sites for hydroxylation is 1. The molecule has 1 aromatic heterocycles. The summed E-state index contributed by atoms with van der Waals surface area (Å²) in [6.07, 6.45) is 0.737. The van der Waals surface area contributed by atoms with Gasteiger partial charge in [-0.15, -0.1) is 0 Å². The Morgan fingerprint density at radius 1 is 1.19 bits per heavy atom. The lowest BCUT2D eigenvalue weighted by molar-refractivity contribution is -0.385. The first-order valence-electron chi connectivity index (χ1n) is 10.0. The van der Waals surface area contributed by atoms with Gasteiger partial charge in [-0.3, -0.25) is 19.7 Å². The molecule has 0 unspecified atom stereocenters. The topological polar surface area (TPSA) is 130 Å². The number of non-ortho nitro benzene ring substituents is 1. The first-order valence-corrected chi connectivity index (χ1v) is 12.4. The molecular formula is C20H24N4O6S2. The second-order valence-electron chi connectivity index (χ2n) is 7.36. The van der Waals surface area contributed by atoms with E-state index >= 15 is 0 Å². The molecule has 12 heteroatoms. The molecule has 172 valence electrons. The standard InChI is InChI=1S/C20H24N4O6S2/c1-15-4-5-17(24(27)28)13-18(15)32(29,30)23-10-8-22(9-11-23)19(25)3-2-7-21-20(26)16-6-12-31-14-16/h4-6,12-14H,2-3,7-11H2,1H3,(H,21,26). The number of amides is 2. The molecular weight excluding hydrogens is 456 g/mol. The summed E-state index contributed by atoms with van der Waals surface area (Å²) >= 11 is 1.44. The van der Waals surface area contributed by atoms with Crippen LogP contribution < -0.4 is 5.32 Å². The number of hydrogen-bond acceptors (Lipinski definition) is 7. The lowest BCUT2D eigenvalue weighted by Gasteiger charge is -2.34. The van der Waals surface area contributed by atoms with Crippen LogP contribution in [0.3, 0.4) is 0 Å². The van der Waals surface area contributed by atoms with Gasteiger partial charge in [0.2, 0.25) is 15.9 Å². The number of carbonyl (C=O) groups excluding carboxylic acids is 2. The number of thiophene rings is 1. The predicted molar refractivity (Wildman–Crippen MR) is 119 cm³/mol. The average Bonchev–Trinajstić information content (AvgIpc) is 3.31. The molecule has 0 saturated carbocycles. The fourth-order valence-electron chi connectivity index (χ4n) is 3.39. The van der Waals surface area contributed by atoms with Crippen LogP contribution >= 0.6 is 11.3 Å². The number of sulfonamides is 1. The summed E-state index contributed by atoms with van der Waals surface area (Å²) < 4.78 is 27.2. The zero-order valence-electron chi connectivity index (χ0n) is 17.5. The lowest BCUT2D eigenvalue weighted by atomic mass is 10.2. The van der Waals surface area contributed by atoms with E-state index < -0.39 is 14.9 Å². The summed E-state index contributed by atoms with van der Waals surface area (Å²) in [5.41, 5.74) is 0.741. The molecule has 1 N–H and O–H groups in total. The molecule has 2 amide bonds. The van der Waals surface area contributed by atoms with Crippen molar-refractivity contribution < 1.29 is 22.9 Å². The van der Waals surface area contributed by atoms with E-state index in [1.54, 1.807) is 23.3 Å². The van der Waals surface area contributed by atoms with Gasteiger partial charge in [0.1, 0.15) is 0 Å². The molecule has 2 aromatic rings. The number of rotatable bonds is 8. The highest BCUT2D eigenvalue weighted by molar-refractivity contribution is 7.89. The van der Waals surface area contributed by atoms with Crippen molar-refractivity contribution in [2.24, 2.45) is 0 Å². The Morgan fingerprint density at radius 3 is 2.53 bits per heavy atom. The highest BCUT2D eigenvalue weighted by atomic mass is 32.2. The number of piperazine rings is 1. The highest BCUT2D eigenvalue weighted by Gasteiger charge is 2.32. The maximum absolute atomic E-state index is 13.0. The minimum absolute atomic E-state index is 0.0900. The summed E-state index contributed by atoms with van der Waals surface area (Å²) in [4.78, 5) is 36.2. The van der Waals surface area contributed by atoms with Crippen molar-refractivity contribution in [3.8, 4) is 0 Å². The minimum atomic E-state index is -3.91. The number of hydrogen-bond donors (Lipinski definition) is 1. The third kappa shape index (κ3) is 5.50. The number of nitro groups is 1. The Kier molecular flexibility index (Phi) is 7.59. The minimum Gasteiger partial charge on any atom is -0.352 e. The number of nitro benzene ring substituents is 1. The van der Waals surface area contributed by atoms with Gasteiger partial charge < -0.3 is 10.2 Å². The second-order valence-corrected chi connectivity index (χ2v) is 10.0. The Balaban J connectivity index is 1.50. The Morgan fingerprint density at radius 2 is 1.91 bits per heavy atom. The van der Waals surface area contributed by atoms with Crippen LogP contribution in [0.5, 0.6) is 0 Å². The number of nitrogens with one attached hydrogen (secondary N) is 1. The van der Waals surface area contributed by atoms with Crippen LogP contribution in [0.25, 0.3) is 0 Å². The van der Waals surface area contributed by atoms with Crippen LogP contribution in [0, 0.1) is 17.0 Å². The zero-order chi connectivity index (χ0) is 23.3. The van der Waals surface area contributed by atoms with Gasteiger partial charge in [0.25, 0.3) is 11.6 Å². The van der Waals surface area contributed by atoms with Crippen molar-refractivity contribution in [2.45, 2.75) is 24.7 Å². The molecule has 10 nitrogen and oxygen atoms in total. The number of nitrogens with zero attached hydrogens (tertiary/aromatic N) is 3. The van der Waals surface area contributed by atoms with E-state index in [2.05, 4.69) is 5.32 Å². The van der Waals surface area contributed by atoms with Crippen molar-refractivity contribution in [1.82, 2.24) is 14.5 Å². The molecule has 1 aliphatic rings. The zero-order valence-corrected chi connectivity index (χ0v) is 19.2. The maximum atomic E-state index is 13.0. The predicted octanol–water partition coefficient (Wildman–Crippen LogP) is 2.01. The van der Waals surface area contributed by atoms with Gasteiger partial charge in [0.15, 0.2) is 0 Å². The Bertz CT molecular complexity index is 1090. The maximum Gasteiger partial charge on any atom is 0.270 e. The molecule has 1 aliphatic heterocycles. The Hall–Kier alpha value is -2.83. The van der Waals surface area contributed by atoms with E-state index in [0.29, 0.717) is 24.1 Å². The molecule has 0 aliphatic carbocycles. The van der Waals surface area contributed by atoms with E-state index in [1.165, 1.54) is 27.8 Å². The Labute approximate surface area is 190 Å². The number of benzene rings is 1. The molecule has 1 aromatic carbocycles. The second kappa shape index (κ2) is 10.2. The molecule has 1 saturated heterocycles. The summed E-state index contributed by atoms with van der Waals surface area (Å²) in [5, 5.41) is 17.4. The monoisotopic (exact) mass is 480 g/mol. The summed E-state index contributed by atoms with van der Waals surface area (Å²) in [6.45, 7) is 2.69. The molecule has 2 heterocycles. The smallest absolute Gasteiger partial charge is 0.270 e. The molecule has 3 rings (SSSR count). The van der Waals surface area contributed by atoms with Crippen LogP contribution in [0.4, 0.5) is 5.69 Å². The SMILES string of the molecule is Cc1ccc([N+](=O)[O-])cc1S(=O)(=O)N1CCN(C(=O)CCCNC(=O)c2ccsc2)CC1. The quantitative estimate of drug-likeness (QED) is 0.349. The van der Waals surface area contributed by atoms with Crippen LogP contribution in [0.15, 0.2) is 39.9 Å². The van der Waals surface area contributed by atoms with Crippen molar-refractivity contribution >= 4 is 38.9 Å². The van der Waals surface area contributed by atoms with Gasteiger partial charge in [-0.2, -0.15) is 15.6 Å². The van der Waals surface area contributed by atoms with Crippen molar-refractivity contribution in [1.29, 1.82) is 0 Å². The largest absolute Gasteiger partial charge is 0.352 e. The van der Waals surface area contributed by atoms with Gasteiger partial charge in [-0.05, 0) is 30.4 Å². The molecule has 0 radical (unpaired) electrons. The highest BCUT2D eigenvalue weighted by Crippen LogP contribution is 2.25. The van der Waals surface area contributed by atoms with Gasteiger partial charge in [0.05, 0.1) is 9.82 Å². The van der Waals surface area contributed by atoms with Crippen LogP contribution in [0.1, 0.15) is 28.8 Å². The molecule has 0 atom stereocenters. The van der Waals surface area contributed by atoms with Crippen molar-refractivity contribution in [3.05, 3.63) is 56.3 Å². The van der Waals surface area contributed by atoms with Crippen LogP contribution in [-0.4, -0.2) is 67.1 Å².